The molecule has 0 bridgehead atoms. The molecule has 26 heavy (non-hydrogen) atoms. The van der Waals surface area contributed by atoms with Gasteiger partial charge in [0.2, 0.25) is 0 Å². The second-order valence-electron chi connectivity index (χ2n) is 6.52. The van der Waals surface area contributed by atoms with Crippen LogP contribution in [0, 0.1) is 0 Å². The first-order chi connectivity index (χ1) is 12.8. The smallest absolute Gasteiger partial charge is 0.194 e. The highest BCUT2D eigenvalue weighted by molar-refractivity contribution is 6.26. The third-order valence-electron chi connectivity index (χ3n) is 5.04. The molecule has 0 fully saturated rings. The highest BCUT2D eigenvalue weighted by Crippen LogP contribution is 2.46. The van der Waals surface area contributed by atoms with Crippen molar-refractivity contribution in [3.8, 4) is 33.4 Å². The Bertz CT molecular complexity index is 1130. The first-order valence-corrected chi connectivity index (χ1v) is 8.76. The van der Waals surface area contributed by atoms with Crippen molar-refractivity contribution in [3.63, 3.8) is 0 Å². The second-order valence-corrected chi connectivity index (χ2v) is 6.52. The number of hydrogen-bond acceptors (Lipinski definition) is 1. The van der Waals surface area contributed by atoms with Crippen molar-refractivity contribution in [3.05, 3.63) is 108 Å². The quantitative estimate of drug-likeness (QED) is 0.374. The molecule has 0 N–H and O–H groups in total. The summed E-state index contributed by atoms with van der Waals surface area (Å²) in [4.78, 5) is 13.3. The molecule has 0 atom stereocenters. The van der Waals surface area contributed by atoms with E-state index in [0.29, 0.717) is 0 Å². The van der Waals surface area contributed by atoms with Crippen molar-refractivity contribution in [1.82, 2.24) is 0 Å². The maximum atomic E-state index is 13.3. The van der Waals surface area contributed by atoms with Gasteiger partial charge in [-0.05, 0) is 27.8 Å². The zero-order valence-corrected chi connectivity index (χ0v) is 14.1. The summed E-state index contributed by atoms with van der Waals surface area (Å²) < 4.78 is 0. The summed E-state index contributed by atoms with van der Waals surface area (Å²) >= 11 is 0. The van der Waals surface area contributed by atoms with Crippen molar-refractivity contribution in [2.75, 3.05) is 0 Å². The molecule has 0 aliphatic heterocycles. The molecule has 0 saturated heterocycles. The summed E-state index contributed by atoms with van der Waals surface area (Å²) in [6.07, 6.45) is 0. The minimum atomic E-state index is 0.118. The predicted octanol–water partition coefficient (Wildman–Crippen LogP) is 6.23. The molecule has 1 heteroatoms. The van der Waals surface area contributed by atoms with Gasteiger partial charge < -0.3 is 0 Å². The molecule has 0 amide bonds. The molecule has 1 aliphatic rings. The Hall–Kier alpha value is -3.45. The van der Waals surface area contributed by atoms with Gasteiger partial charge in [-0.25, -0.2) is 0 Å². The van der Waals surface area contributed by atoms with E-state index in [9.17, 15) is 4.79 Å². The number of carbonyl (C=O) groups excluding carboxylic acids is 1. The van der Waals surface area contributed by atoms with Crippen LogP contribution in [0.15, 0.2) is 97.1 Å². The Balaban J connectivity index is 1.87. The summed E-state index contributed by atoms with van der Waals surface area (Å²) in [5, 5.41) is 0. The summed E-state index contributed by atoms with van der Waals surface area (Å²) in [6.45, 7) is 0. The van der Waals surface area contributed by atoms with Crippen molar-refractivity contribution in [1.29, 1.82) is 0 Å². The zero-order valence-electron chi connectivity index (χ0n) is 14.1. The molecule has 1 nitrogen and oxygen atoms in total. The Morgan fingerprint density at radius 2 is 0.846 bits per heavy atom. The lowest BCUT2D eigenvalue weighted by atomic mass is 9.89. The maximum absolute atomic E-state index is 13.3. The van der Waals surface area contributed by atoms with Gasteiger partial charge in [-0.15, -0.1) is 0 Å². The van der Waals surface area contributed by atoms with Gasteiger partial charge in [0.05, 0.1) is 0 Å². The van der Waals surface area contributed by atoms with Gasteiger partial charge in [0, 0.05) is 16.7 Å². The molecule has 5 rings (SSSR count). The normalized spacial score (nSPS) is 11.9. The van der Waals surface area contributed by atoms with Crippen LogP contribution in [0.3, 0.4) is 0 Å². The Labute approximate surface area is 152 Å². The van der Waals surface area contributed by atoms with Crippen LogP contribution in [0.4, 0.5) is 0 Å². The number of benzene rings is 4. The largest absolute Gasteiger partial charge is 0.289 e. The topological polar surface area (TPSA) is 17.1 Å². The lowest BCUT2D eigenvalue weighted by molar-refractivity contribution is 0.104. The van der Waals surface area contributed by atoms with E-state index in [0.717, 1.165) is 44.5 Å². The van der Waals surface area contributed by atoms with Gasteiger partial charge in [0.15, 0.2) is 5.78 Å². The van der Waals surface area contributed by atoms with Crippen LogP contribution < -0.4 is 0 Å². The van der Waals surface area contributed by atoms with E-state index in [1.807, 2.05) is 54.6 Å². The Kier molecular flexibility index (Phi) is 3.32. The highest BCUT2D eigenvalue weighted by atomic mass is 16.1. The molecular formula is C25H16O. The van der Waals surface area contributed by atoms with Crippen LogP contribution in [0.2, 0.25) is 0 Å². The van der Waals surface area contributed by atoms with E-state index in [-0.39, 0.29) is 5.78 Å². The standard InChI is InChI=1S/C25H16O/c26-25-22-14-8-7-13-21(22)23-19(17-9-3-1-4-10-17)15-16-20(24(23)25)18-11-5-2-6-12-18/h1-16H. The van der Waals surface area contributed by atoms with Gasteiger partial charge >= 0.3 is 0 Å². The molecule has 4 aromatic carbocycles. The van der Waals surface area contributed by atoms with Crippen LogP contribution >= 0.6 is 0 Å². The van der Waals surface area contributed by atoms with Gasteiger partial charge in [-0.2, -0.15) is 0 Å². The summed E-state index contributed by atoms with van der Waals surface area (Å²) in [5.41, 5.74) is 8.02. The van der Waals surface area contributed by atoms with Crippen LogP contribution in [0.1, 0.15) is 15.9 Å². The minimum absolute atomic E-state index is 0.118. The SMILES string of the molecule is O=C1c2ccccc2-c2c(-c3ccccc3)ccc(-c3ccccc3)c21. The van der Waals surface area contributed by atoms with Crippen molar-refractivity contribution in [2.24, 2.45) is 0 Å². The average molecular weight is 332 g/mol. The van der Waals surface area contributed by atoms with Gasteiger partial charge in [0.1, 0.15) is 0 Å². The molecule has 0 saturated carbocycles. The van der Waals surface area contributed by atoms with E-state index in [4.69, 9.17) is 0 Å². The maximum Gasteiger partial charge on any atom is 0.194 e. The lowest BCUT2D eigenvalue weighted by Gasteiger charge is -2.13. The summed E-state index contributed by atoms with van der Waals surface area (Å²) in [7, 11) is 0. The highest BCUT2D eigenvalue weighted by Gasteiger charge is 2.31. The molecule has 0 spiro atoms. The zero-order chi connectivity index (χ0) is 17.5. The van der Waals surface area contributed by atoms with E-state index in [1.54, 1.807) is 0 Å². The van der Waals surface area contributed by atoms with E-state index >= 15 is 0 Å². The Morgan fingerprint density at radius 3 is 1.42 bits per heavy atom. The number of carbonyl (C=O) groups is 1. The summed E-state index contributed by atoms with van der Waals surface area (Å²) in [6, 6.07) is 32.6. The molecular weight excluding hydrogens is 316 g/mol. The van der Waals surface area contributed by atoms with E-state index in [1.165, 1.54) is 0 Å². The monoisotopic (exact) mass is 332 g/mol. The lowest BCUT2D eigenvalue weighted by Crippen LogP contribution is -1.99. The molecule has 4 aromatic rings. The molecule has 1 aliphatic carbocycles. The molecule has 0 heterocycles. The van der Waals surface area contributed by atoms with Crippen LogP contribution in [-0.2, 0) is 0 Å². The predicted molar refractivity (Wildman–Crippen MR) is 106 cm³/mol. The number of hydrogen-bond donors (Lipinski definition) is 0. The first kappa shape index (κ1) is 14.9. The van der Waals surface area contributed by atoms with Gasteiger partial charge in [0.25, 0.3) is 0 Å². The van der Waals surface area contributed by atoms with E-state index < -0.39 is 0 Å². The fourth-order valence-electron chi connectivity index (χ4n) is 3.87. The third-order valence-corrected chi connectivity index (χ3v) is 5.04. The molecule has 122 valence electrons. The first-order valence-electron chi connectivity index (χ1n) is 8.76. The number of fused-ring (bicyclic) bond motifs is 3. The van der Waals surface area contributed by atoms with Gasteiger partial charge in [-0.3, -0.25) is 4.79 Å². The fraction of sp³-hybridized carbons (Fsp3) is 0. The van der Waals surface area contributed by atoms with Crippen LogP contribution in [-0.4, -0.2) is 5.78 Å². The number of rotatable bonds is 2. The fourth-order valence-corrected chi connectivity index (χ4v) is 3.87. The molecule has 0 unspecified atom stereocenters. The Morgan fingerprint density at radius 1 is 0.385 bits per heavy atom. The molecule has 0 aromatic heterocycles. The number of ketones is 1. The average Bonchev–Trinajstić information content (AvgIpc) is 3.02. The summed E-state index contributed by atoms with van der Waals surface area (Å²) in [5.74, 6) is 0.118. The minimum Gasteiger partial charge on any atom is -0.289 e. The van der Waals surface area contributed by atoms with Crippen molar-refractivity contribution >= 4 is 5.78 Å². The third kappa shape index (κ3) is 2.14. The van der Waals surface area contributed by atoms with Crippen LogP contribution in [0.5, 0.6) is 0 Å². The van der Waals surface area contributed by atoms with E-state index in [2.05, 4.69) is 42.5 Å². The van der Waals surface area contributed by atoms with Crippen molar-refractivity contribution in [2.45, 2.75) is 0 Å². The molecule has 0 radical (unpaired) electrons. The second kappa shape index (κ2) is 5.82. The van der Waals surface area contributed by atoms with Crippen LogP contribution in [0.25, 0.3) is 33.4 Å². The van der Waals surface area contributed by atoms with Crippen molar-refractivity contribution < 1.29 is 4.79 Å². The van der Waals surface area contributed by atoms with Gasteiger partial charge in [-0.1, -0.05) is 97.1 Å².